The molecule has 0 saturated carbocycles. The Hall–Kier alpha value is -0.460. The Bertz CT molecular complexity index is 470. The molecule has 3 heterocycles. The van der Waals surface area contributed by atoms with Gasteiger partial charge in [0.2, 0.25) is 0 Å². The predicted octanol–water partition coefficient (Wildman–Crippen LogP) is 2.67. The van der Waals surface area contributed by atoms with Crippen LogP contribution in [0.3, 0.4) is 0 Å². The number of guanidine groups is 1. The van der Waals surface area contributed by atoms with Crippen LogP contribution in [0.25, 0.3) is 0 Å². The summed E-state index contributed by atoms with van der Waals surface area (Å²) >= 11 is 2.10. The lowest BCUT2D eigenvalue weighted by molar-refractivity contribution is -0.0122. The monoisotopic (exact) mass is 382 g/mol. The van der Waals surface area contributed by atoms with Gasteiger partial charge in [0.1, 0.15) is 0 Å². The van der Waals surface area contributed by atoms with Gasteiger partial charge in [-0.05, 0) is 36.9 Å². The van der Waals surface area contributed by atoms with Crippen molar-refractivity contribution in [3.63, 3.8) is 0 Å². The van der Waals surface area contributed by atoms with Gasteiger partial charge in [0.25, 0.3) is 0 Å². The summed E-state index contributed by atoms with van der Waals surface area (Å²) < 4.78 is 5.59. The van der Waals surface area contributed by atoms with E-state index in [-0.39, 0.29) is 5.54 Å². The number of piperidine rings is 1. The van der Waals surface area contributed by atoms with E-state index < -0.39 is 0 Å². The molecule has 0 bridgehead atoms. The van der Waals surface area contributed by atoms with E-state index in [1.54, 1.807) is 0 Å². The first-order chi connectivity index (χ1) is 12.6. The highest BCUT2D eigenvalue weighted by molar-refractivity contribution is 7.99. The third-order valence-electron chi connectivity index (χ3n) is 6.49. The van der Waals surface area contributed by atoms with Crippen LogP contribution < -0.4 is 5.32 Å². The van der Waals surface area contributed by atoms with Gasteiger partial charge in [-0.1, -0.05) is 20.3 Å². The fraction of sp³-hybridized carbons (Fsp3) is 0.950. The molecule has 0 spiro atoms. The summed E-state index contributed by atoms with van der Waals surface area (Å²) in [7, 11) is 1.94. The number of likely N-dealkylation sites (tertiary alicyclic amines) is 1. The van der Waals surface area contributed by atoms with Crippen LogP contribution in [0, 0.1) is 5.41 Å². The normalized spacial score (nSPS) is 34.3. The van der Waals surface area contributed by atoms with Crippen LogP contribution in [-0.2, 0) is 4.74 Å². The average molecular weight is 383 g/mol. The number of morpholine rings is 1. The summed E-state index contributed by atoms with van der Waals surface area (Å²) in [6.07, 6.45) is 6.49. The minimum atomic E-state index is 0.271. The van der Waals surface area contributed by atoms with Crippen molar-refractivity contribution in [2.75, 3.05) is 64.5 Å². The zero-order valence-corrected chi connectivity index (χ0v) is 17.9. The van der Waals surface area contributed by atoms with Crippen LogP contribution in [0.5, 0.6) is 0 Å². The van der Waals surface area contributed by atoms with Crippen LogP contribution in [0.4, 0.5) is 0 Å². The lowest BCUT2D eigenvalue weighted by atomic mass is 9.78. The van der Waals surface area contributed by atoms with Crippen LogP contribution in [0.1, 0.15) is 46.0 Å². The summed E-state index contributed by atoms with van der Waals surface area (Å²) in [6.45, 7) is 11.9. The second-order valence-corrected chi connectivity index (χ2v) is 9.72. The van der Waals surface area contributed by atoms with E-state index in [4.69, 9.17) is 4.74 Å². The Kier molecular flexibility index (Phi) is 7.14. The van der Waals surface area contributed by atoms with Gasteiger partial charge < -0.3 is 15.0 Å². The number of aliphatic imine (C=N–C) groups is 1. The number of rotatable bonds is 5. The van der Waals surface area contributed by atoms with Crippen molar-refractivity contribution >= 4 is 17.7 Å². The maximum atomic E-state index is 5.59. The van der Waals surface area contributed by atoms with Gasteiger partial charge in [0, 0.05) is 51.1 Å². The summed E-state index contributed by atoms with van der Waals surface area (Å²) in [5.41, 5.74) is 0.711. The highest BCUT2D eigenvalue weighted by Gasteiger charge is 2.41. The Morgan fingerprint density at radius 3 is 2.69 bits per heavy atom. The van der Waals surface area contributed by atoms with Crippen molar-refractivity contribution in [3.05, 3.63) is 0 Å². The SMILES string of the molecule is CCCC1(C)CCCN(C(=NC)NCC2(N3CCOCC3)CCSC2)C1. The Labute approximate surface area is 164 Å². The first kappa shape index (κ1) is 20.3. The topological polar surface area (TPSA) is 40.1 Å². The highest BCUT2D eigenvalue weighted by Crippen LogP contribution is 2.35. The molecule has 0 radical (unpaired) electrons. The minimum absolute atomic E-state index is 0.271. The molecule has 0 aliphatic carbocycles. The second-order valence-electron chi connectivity index (χ2n) is 8.61. The van der Waals surface area contributed by atoms with E-state index in [0.717, 1.165) is 51.9 Å². The molecular formula is C20H38N4OS. The first-order valence-electron chi connectivity index (χ1n) is 10.5. The van der Waals surface area contributed by atoms with Crippen molar-refractivity contribution in [3.8, 4) is 0 Å². The first-order valence-corrected chi connectivity index (χ1v) is 11.6. The van der Waals surface area contributed by atoms with Crippen LogP contribution in [0.15, 0.2) is 4.99 Å². The lowest BCUT2D eigenvalue weighted by Crippen LogP contribution is -2.61. The average Bonchev–Trinajstić information content (AvgIpc) is 3.13. The second kappa shape index (κ2) is 9.16. The molecule has 3 saturated heterocycles. The van der Waals surface area contributed by atoms with Gasteiger partial charge in [0.15, 0.2) is 5.96 Å². The van der Waals surface area contributed by atoms with E-state index in [1.165, 1.54) is 43.6 Å². The van der Waals surface area contributed by atoms with E-state index in [0.29, 0.717) is 5.41 Å². The largest absolute Gasteiger partial charge is 0.379 e. The third-order valence-corrected chi connectivity index (χ3v) is 7.72. The molecule has 3 aliphatic heterocycles. The predicted molar refractivity (Wildman–Crippen MR) is 112 cm³/mol. The van der Waals surface area contributed by atoms with Gasteiger partial charge in [0.05, 0.1) is 13.2 Å². The molecule has 0 amide bonds. The van der Waals surface area contributed by atoms with Crippen molar-refractivity contribution in [2.45, 2.75) is 51.5 Å². The van der Waals surface area contributed by atoms with E-state index in [9.17, 15) is 0 Å². The molecular weight excluding hydrogens is 344 g/mol. The highest BCUT2D eigenvalue weighted by atomic mass is 32.2. The molecule has 2 unspecified atom stereocenters. The van der Waals surface area contributed by atoms with Crippen molar-refractivity contribution < 1.29 is 4.74 Å². The molecule has 3 rings (SSSR count). The Morgan fingerprint density at radius 2 is 2.04 bits per heavy atom. The molecule has 1 N–H and O–H groups in total. The summed E-state index contributed by atoms with van der Waals surface area (Å²) in [5.74, 6) is 3.61. The van der Waals surface area contributed by atoms with Gasteiger partial charge in [-0.2, -0.15) is 11.8 Å². The zero-order chi connectivity index (χ0) is 18.5. The van der Waals surface area contributed by atoms with Crippen LogP contribution in [-0.4, -0.2) is 85.8 Å². The summed E-state index contributed by atoms with van der Waals surface area (Å²) in [4.78, 5) is 9.84. The number of nitrogens with one attached hydrogen (secondary N) is 1. The number of thioether (sulfide) groups is 1. The lowest BCUT2D eigenvalue weighted by Gasteiger charge is -2.45. The smallest absolute Gasteiger partial charge is 0.193 e. The Balaban J connectivity index is 1.62. The van der Waals surface area contributed by atoms with Gasteiger partial charge in [-0.3, -0.25) is 9.89 Å². The van der Waals surface area contributed by atoms with Crippen LogP contribution >= 0.6 is 11.8 Å². The fourth-order valence-electron chi connectivity index (χ4n) is 5.01. The molecule has 2 atom stereocenters. The van der Waals surface area contributed by atoms with Crippen LogP contribution in [0.2, 0.25) is 0 Å². The quantitative estimate of drug-likeness (QED) is 0.585. The fourth-order valence-corrected chi connectivity index (χ4v) is 6.49. The van der Waals surface area contributed by atoms with Gasteiger partial charge in [-0.25, -0.2) is 0 Å². The third kappa shape index (κ3) is 4.68. The maximum absolute atomic E-state index is 5.59. The number of nitrogens with zero attached hydrogens (tertiary/aromatic N) is 3. The van der Waals surface area contributed by atoms with E-state index in [2.05, 4.69) is 45.7 Å². The zero-order valence-electron chi connectivity index (χ0n) is 17.1. The molecule has 26 heavy (non-hydrogen) atoms. The van der Waals surface area contributed by atoms with Crippen molar-refractivity contribution in [1.29, 1.82) is 0 Å². The van der Waals surface area contributed by atoms with Crippen molar-refractivity contribution in [1.82, 2.24) is 15.1 Å². The van der Waals surface area contributed by atoms with E-state index >= 15 is 0 Å². The molecule has 6 heteroatoms. The number of ether oxygens (including phenoxy) is 1. The molecule has 150 valence electrons. The summed E-state index contributed by atoms with van der Waals surface area (Å²) in [6, 6.07) is 0. The number of hydrogen-bond acceptors (Lipinski definition) is 4. The molecule has 0 aromatic rings. The van der Waals surface area contributed by atoms with Gasteiger partial charge >= 0.3 is 0 Å². The number of hydrogen-bond donors (Lipinski definition) is 1. The molecule has 3 fully saturated rings. The standard InChI is InChI=1S/C20H38N4OS/c1-4-6-19(2)7-5-9-23(16-19)18(21-3)22-15-20(8-14-26-17-20)24-10-12-25-13-11-24/h4-17H2,1-3H3,(H,21,22). The summed E-state index contributed by atoms with van der Waals surface area (Å²) in [5, 5.41) is 3.78. The molecule has 0 aromatic carbocycles. The van der Waals surface area contributed by atoms with Gasteiger partial charge in [-0.15, -0.1) is 0 Å². The van der Waals surface area contributed by atoms with Crippen molar-refractivity contribution in [2.24, 2.45) is 10.4 Å². The van der Waals surface area contributed by atoms with E-state index in [1.807, 2.05) is 7.05 Å². The molecule has 5 nitrogen and oxygen atoms in total. The minimum Gasteiger partial charge on any atom is -0.379 e. The molecule has 3 aliphatic rings. The molecule has 0 aromatic heterocycles. The maximum Gasteiger partial charge on any atom is 0.193 e. The Morgan fingerprint density at radius 1 is 1.23 bits per heavy atom.